The third-order valence-corrected chi connectivity index (χ3v) is 5.88. The lowest BCUT2D eigenvalue weighted by Gasteiger charge is -2.07. The van der Waals surface area contributed by atoms with Gasteiger partial charge in [-0.25, -0.2) is 4.98 Å². The largest absolute Gasteiger partial charge is 0.497 e. The number of carbonyl (C=O) groups excluding carboxylic acids is 1. The summed E-state index contributed by atoms with van der Waals surface area (Å²) in [6.45, 7) is 0.114. The maximum Gasteiger partial charge on any atom is 0.244 e. The molecule has 8 heteroatoms. The average molecular weight is 482 g/mol. The number of halogens is 1. The summed E-state index contributed by atoms with van der Waals surface area (Å²) in [5.41, 5.74) is 4.27. The van der Waals surface area contributed by atoms with Crippen LogP contribution in [0.15, 0.2) is 72.9 Å². The number of aromatic nitrogens is 3. The molecule has 7 nitrogen and oxygen atoms in total. The fraction of sp³-hybridized carbons (Fsp3) is 0.0741. The minimum atomic E-state index is -0.171. The molecule has 0 bridgehead atoms. The Morgan fingerprint density at radius 2 is 2.00 bits per heavy atom. The summed E-state index contributed by atoms with van der Waals surface area (Å²) in [5.74, 6) is 0.999. The van der Waals surface area contributed by atoms with E-state index in [1.54, 1.807) is 37.5 Å². The van der Waals surface area contributed by atoms with Crippen LogP contribution in [0.25, 0.3) is 33.6 Å². The highest BCUT2D eigenvalue weighted by Gasteiger charge is 2.14. The summed E-state index contributed by atoms with van der Waals surface area (Å²) >= 11 is 5.92. The fourth-order valence-corrected chi connectivity index (χ4v) is 4.09. The van der Waals surface area contributed by atoms with Crippen molar-refractivity contribution in [2.24, 2.45) is 0 Å². The van der Waals surface area contributed by atoms with Crippen LogP contribution in [0.5, 0.6) is 5.75 Å². The van der Waals surface area contributed by atoms with Crippen LogP contribution in [0.4, 0.5) is 5.69 Å². The van der Waals surface area contributed by atoms with Gasteiger partial charge in [0, 0.05) is 39.4 Å². The molecular formula is C27H20ClN5O2. The number of allylic oxidation sites excluding steroid dienone is 1. The van der Waals surface area contributed by atoms with E-state index in [4.69, 9.17) is 16.3 Å². The number of nitriles is 1. The van der Waals surface area contributed by atoms with Gasteiger partial charge in [0.2, 0.25) is 5.91 Å². The molecule has 35 heavy (non-hydrogen) atoms. The number of carbonyl (C=O) groups is 1. The zero-order valence-corrected chi connectivity index (χ0v) is 19.5. The molecule has 3 aromatic carbocycles. The van der Waals surface area contributed by atoms with Gasteiger partial charge in [0.25, 0.3) is 0 Å². The van der Waals surface area contributed by atoms with E-state index in [1.807, 2.05) is 53.2 Å². The number of benzene rings is 3. The first kappa shape index (κ1) is 22.3. The van der Waals surface area contributed by atoms with Crippen molar-refractivity contribution in [3.05, 3.63) is 89.3 Å². The lowest BCUT2D eigenvalue weighted by molar-refractivity contribution is -0.116. The number of nitrogens with one attached hydrogen (secondary N) is 2. The van der Waals surface area contributed by atoms with Crippen molar-refractivity contribution in [2.75, 3.05) is 12.4 Å². The molecule has 2 aromatic heterocycles. The summed E-state index contributed by atoms with van der Waals surface area (Å²) in [6.07, 6.45) is 3.65. The molecule has 0 aliphatic carbocycles. The second-order valence-corrected chi connectivity index (χ2v) is 8.36. The van der Waals surface area contributed by atoms with E-state index in [0.29, 0.717) is 27.9 Å². The number of imidazole rings is 1. The molecule has 0 aliphatic heterocycles. The molecule has 172 valence electrons. The smallest absolute Gasteiger partial charge is 0.244 e. The molecule has 0 unspecified atom stereocenters. The Balaban J connectivity index is 1.48. The molecule has 5 rings (SSSR count). The van der Waals surface area contributed by atoms with Gasteiger partial charge in [0.1, 0.15) is 24.2 Å². The summed E-state index contributed by atoms with van der Waals surface area (Å²) in [5, 5.41) is 14.3. The molecule has 2 N–H and O–H groups in total. The van der Waals surface area contributed by atoms with E-state index in [1.165, 1.54) is 0 Å². The minimum absolute atomic E-state index is 0.114. The zero-order valence-electron chi connectivity index (χ0n) is 18.7. The molecule has 0 atom stereocenters. The summed E-state index contributed by atoms with van der Waals surface area (Å²) in [7, 11) is 1.60. The number of H-pyrrole nitrogens is 1. The Kier molecular flexibility index (Phi) is 5.96. The second-order valence-electron chi connectivity index (χ2n) is 7.92. The number of fused-ring (bicyclic) bond motifs is 2. The second kappa shape index (κ2) is 9.37. The molecule has 0 saturated heterocycles. The van der Waals surface area contributed by atoms with Crippen molar-refractivity contribution in [3.63, 3.8) is 0 Å². The first-order valence-corrected chi connectivity index (χ1v) is 11.2. The standard InChI is InChI=1S/C27H20ClN5O2/c1-35-21-10-11-23-24(13-21)32-27(31-23)17(14-29)12-18-15-33(25-5-3-2-4-22(18)25)16-26(34)30-20-8-6-19(28)7-9-20/h2-13,15H,16H2,1H3,(H,30,34)(H,31,32)/b17-12-. The highest BCUT2D eigenvalue weighted by atomic mass is 35.5. The van der Waals surface area contributed by atoms with Gasteiger partial charge < -0.3 is 19.6 Å². The average Bonchev–Trinajstić information content (AvgIpc) is 3.44. The van der Waals surface area contributed by atoms with Gasteiger partial charge in [-0.05, 0) is 48.5 Å². The monoisotopic (exact) mass is 481 g/mol. The van der Waals surface area contributed by atoms with Gasteiger partial charge in [0.05, 0.1) is 23.7 Å². The number of para-hydroxylation sites is 1. The van der Waals surface area contributed by atoms with Crippen molar-refractivity contribution in [2.45, 2.75) is 6.54 Å². The predicted octanol–water partition coefficient (Wildman–Crippen LogP) is 5.88. The van der Waals surface area contributed by atoms with E-state index in [9.17, 15) is 10.1 Å². The zero-order chi connectivity index (χ0) is 24.4. The third kappa shape index (κ3) is 4.60. The number of anilines is 1. The van der Waals surface area contributed by atoms with Crippen molar-refractivity contribution in [1.82, 2.24) is 14.5 Å². The predicted molar refractivity (Wildman–Crippen MR) is 138 cm³/mol. The number of rotatable bonds is 6. The number of ether oxygens (including phenoxy) is 1. The molecular weight excluding hydrogens is 462 g/mol. The number of aromatic amines is 1. The summed E-state index contributed by atoms with van der Waals surface area (Å²) in [4.78, 5) is 20.5. The fourth-order valence-electron chi connectivity index (χ4n) is 3.96. The van der Waals surface area contributed by atoms with Gasteiger partial charge in [0.15, 0.2) is 0 Å². The van der Waals surface area contributed by atoms with Crippen LogP contribution in [-0.4, -0.2) is 27.6 Å². The highest BCUT2D eigenvalue weighted by molar-refractivity contribution is 6.30. The maximum atomic E-state index is 12.7. The molecule has 0 aliphatic rings. The lowest BCUT2D eigenvalue weighted by Crippen LogP contribution is -2.18. The topological polar surface area (TPSA) is 95.7 Å². The summed E-state index contributed by atoms with van der Waals surface area (Å²) < 4.78 is 7.14. The van der Waals surface area contributed by atoms with E-state index in [-0.39, 0.29) is 12.5 Å². The van der Waals surface area contributed by atoms with Crippen LogP contribution in [0.1, 0.15) is 11.4 Å². The van der Waals surface area contributed by atoms with E-state index in [0.717, 1.165) is 27.5 Å². The number of hydrogen-bond acceptors (Lipinski definition) is 4. The van der Waals surface area contributed by atoms with Gasteiger partial charge in [-0.2, -0.15) is 5.26 Å². The van der Waals surface area contributed by atoms with Gasteiger partial charge in [-0.1, -0.05) is 29.8 Å². The molecule has 2 heterocycles. The first-order chi connectivity index (χ1) is 17.0. The number of hydrogen-bond donors (Lipinski definition) is 2. The van der Waals surface area contributed by atoms with E-state index < -0.39 is 0 Å². The van der Waals surface area contributed by atoms with Crippen molar-refractivity contribution in [1.29, 1.82) is 5.26 Å². The number of nitrogens with zero attached hydrogens (tertiary/aromatic N) is 3. The van der Waals surface area contributed by atoms with Crippen LogP contribution < -0.4 is 10.1 Å². The van der Waals surface area contributed by atoms with E-state index >= 15 is 0 Å². The minimum Gasteiger partial charge on any atom is -0.497 e. The molecule has 5 aromatic rings. The SMILES string of the molecule is COc1ccc2nc(/C(C#N)=C\c3cn(CC(=O)Nc4ccc(Cl)cc4)c4ccccc34)[nH]c2c1. The van der Waals surface area contributed by atoms with Crippen LogP contribution in [-0.2, 0) is 11.3 Å². The van der Waals surface area contributed by atoms with Crippen LogP contribution in [0.3, 0.4) is 0 Å². The van der Waals surface area contributed by atoms with Crippen LogP contribution in [0, 0.1) is 11.3 Å². The van der Waals surface area contributed by atoms with Gasteiger partial charge in [-0.3, -0.25) is 4.79 Å². The molecule has 0 fully saturated rings. The Morgan fingerprint density at radius 3 is 2.77 bits per heavy atom. The quantitative estimate of drug-likeness (QED) is 0.296. The molecule has 0 saturated carbocycles. The normalized spacial score (nSPS) is 11.5. The summed E-state index contributed by atoms with van der Waals surface area (Å²) in [6, 6.07) is 22.5. The van der Waals surface area contributed by atoms with E-state index in [2.05, 4.69) is 21.4 Å². The Labute approximate surface area is 206 Å². The van der Waals surface area contributed by atoms with Crippen LogP contribution >= 0.6 is 11.6 Å². The third-order valence-electron chi connectivity index (χ3n) is 5.63. The Hall–Kier alpha value is -4.54. The molecule has 0 radical (unpaired) electrons. The van der Waals surface area contributed by atoms with Gasteiger partial charge in [-0.15, -0.1) is 0 Å². The lowest BCUT2D eigenvalue weighted by atomic mass is 10.1. The Morgan fingerprint density at radius 1 is 1.20 bits per heavy atom. The van der Waals surface area contributed by atoms with Crippen molar-refractivity contribution >= 4 is 56.8 Å². The van der Waals surface area contributed by atoms with Gasteiger partial charge >= 0.3 is 0 Å². The van der Waals surface area contributed by atoms with Crippen molar-refractivity contribution < 1.29 is 9.53 Å². The Bertz CT molecular complexity index is 1620. The molecule has 1 amide bonds. The first-order valence-electron chi connectivity index (χ1n) is 10.8. The number of amides is 1. The maximum absolute atomic E-state index is 12.7. The highest BCUT2D eigenvalue weighted by Crippen LogP contribution is 2.27. The van der Waals surface area contributed by atoms with Crippen molar-refractivity contribution in [3.8, 4) is 11.8 Å². The number of methoxy groups -OCH3 is 1. The van der Waals surface area contributed by atoms with Crippen LogP contribution in [0.2, 0.25) is 5.02 Å². The molecule has 0 spiro atoms.